The van der Waals surface area contributed by atoms with E-state index in [1.165, 1.54) is 54.6 Å². The second kappa shape index (κ2) is 13.2. The largest absolute Gasteiger partial charge is 0.455 e. The van der Waals surface area contributed by atoms with Crippen LogP contribution in [0.15, 0.2) is 217 Å². The number of hydrogen-bond acceptors (Lipinski definition) is 2. The molecule has 0 atom stereocenters. The van der Waals surface area contributed by atoms with Gasteiger partial charge < -0.3 is 9.32 Å². The normalized spacial score (nSPS) is 11.6. The summed E-state index contributed by atoms with van der Waals surface area (Å²) in [6.45, 7) is 0. The molecule has 0 radical (unpaired) electrons. The lowest BCUT2D eigenvalue weighted by molar-refractivity contribution is 0.670. The van der Waals surface area contributed by atoms with Crippen molar-refractivity contribution in [3.63, 3.8) is 0 Å². The lowest BCUT2D eigenvalue weighted by Gasteiger charge is -2.28. The third-order valence-corrected chi connectivity index (χ3v) is 11.2. The topological polar surface area (TPSA) is 16.4 Å². The van der Waals surface area contributed by atoms with Crippen LogP contribution in [0.3, 0.4) is 0 Å². The van der Waals surface area contributed by atoms with Crippen molar-refractivity contribution >= 4 is 71.3 Å². The zero-order valence-corrected chi connectivity index (χ0v) is 30.6. The molecule has 0 saturated heterocycles. The monoisotopic (exact) mass is 713 g/mol. The van der Waals surface area contributed by atoms with Gasteiger partial charge in [0.15, 0.2) is 0 Å². The Morgan fingerprint density at radius 1 is 0.304 bits per heavy atom. The minimum atomic E-state index is 0.894. The highest BCUT2D eigenvalue weighted by atomic mass is 16.3. The van der Waals surface area contributed by atoms with Crippen LogP contribution in [-0.2, 0) is 0 Å². The maximum atomic E-state index is 6.75. The number of rotatable bonds is 6. The number of furan rings is 1. The van der Waals surface area contributed by atoms with E-state index in [4.69, 9.17) is 4.42 Å². The Morgan fingerprint density at radius 3 is 1.64 bits per heavy atom. The number of para-hydroxylation sites is 2. The molecule has 0 aliphatic heterocycles. The summed E-state index contributed by atoms with van der Waals surface area (Å²) in [6.07, 6.45) is 0. The van der Waals surface area contributed by atoms with E-state index in [0.29, 0.717) is 0 Å². The third kappa shape index (κ3) is 5.42. The van der Waals surface area contributed by atoms with E-state index in [9.17, 15) is 0 Å². The van der Waals surface area contributed by atoms with Gasteiger partial charge in [-0.05, 0) is 97.0 Å². The van der Waals surface area contributed by atoms with Crippen LogP contribution in [0, 0.1) is 0 Å². The summed E-state index contributed by atoms with van der Waals surface area (Å²) in [7, 11) is 0. The standard InChI is InChI=1S/C54H35NO/c1-2-13-41-33-45(32-29-36(41)11-1)55(44-30-27-38(28-31-44)37-23-25-40(26-24-37)47-19-9-16-39-12-5-6-17-46(39)47)52-22-8-7-18-48(52)49-20-10-21-50-51-34-42-14-3-4-15-43(42)35-53(51)56-54(49)50/h1-35H. The van der Waals surface area contributed by atoms with Crippen LogP contribution in [0.4, 0.5) is 17.1 Å². The van der Waals surface area contributed by atoms with E-state index in [0.717, 1.165) is 50.1 Å². The van der Waals surface area contributed by atoms with E-state index in [2.05, 4.69) is 217 Å². The van der Waals surface area contributed by atoms with Crippen molar-refractivity contribution in [2.24, 2.45) is 0 Å². The minimum absolute atomic E-state index is 0.894. The number of anilines is 3. The molecular weight excluding hydrogens is 679 g/mol. The van der Waals surface area contributed by atoms with Gasteiger partial charge in [0.1, 0.15) is 11.2 Å². The van der Waals surface area contributed by atoms with Gasteiger partial charge in [-0.2, -0.15) is 0 Å². The Labute approximate surface area is 325 Å². The van der Waals surface area contributed by atoms with E-state index in [1.807, 2.05) is 0 Å². The molecule has 11 aromatic rings. The smallest absolute Gasteiger partial charge is 0.143 e. The van der Waals surface area contributed by atoms with Gasteiger partial charge in [0.05, 0.1) is 5.69 Å². The van der Waals surface area contributed by atoms with Gasteiger partial charge in [-0.25, -0.2) is 0 Å². The predicted octanol–water partition coefficient (Wildman–Crippen LogP) is 15.5. The molecule has 0 amide bonds. The van der Waals surface area contributed by atoms with Crippen molar-refractivity contribution in [2.45, 2.75) is 0 Å². The van der Waals surface area contributed by atoms with Gasteiger partial charge in [0, 0.05) is 33.3 Å². The lowest BCUT2D eigenvalue weighted by Crippen LogP contribution is -2.11. The summed E-state index contributed by atoms with van der Waals surface area (Å²) in [4.78, 5) is 2.38. The van der Waals surface area contributed by atoms with Crippen LogP contribution in [-0.4, -0.2) is 0 Å². The predicted molar refractivity (Wildman–Crippen MR) is 237 cm³/mol. The molecule has 1 heterocycles. The van der Waals surface area contributed by atoms with Crippen LogP contribution >= 0.6 is 0 Å². The van der Waals surface area contributed by atoms with E-state index < -0.39 is 0 Å². The molecule has 0 aliphatic carbocycles. The average molecular weight is 714 g/mol. The van der Waals surface area contributed by atoms with Crippen LogP contribution in [0.25, 0.3) is 87.6 Å². The maximum absolute atomic E-state index is 6.75. The molecule has 2 nitrogen and oxygen atoms in total. The molecule has 1 aromatic heterocycles. The zero-order chi connectivity index (χ0) is 37.0. The lowest BCUT2D eigenvalue weighted by atomic mass is 9.96. The van der Waals surface area contributed by atoms with Crippen LogP contribution in [0.2, 0.25) is 0 Å². The fourth-order valence-corrected chi connectivity index (χ4v) is 8.46. The third-order valence-electron chi connectivity index (χ3n) is 11.2. The van der Waals surface area contributed by atoms with E-state index >= 15 is 0 Å². The molecule has 0 spiro atoms. The van der Waals surface area contributed by atoms with Crippen molar-refractivity contribution in [3.05, 3.63) is 212 Å². The van der Waals surface area contributed by atoms with Crippen LogP contribution < -0.4 is 4.90 Å². The molecule has 10 aromatic carbocycles. The van der Waals surface area contributed by atoms with Crippen molar-refractivity contribution in [2.75, 3.05) is 4.90 Å². The maximum Gasteiger partial charge on any atom is 0.143 e. The van der Waals surface area contributed by atoms with Gasteiger partial charge in [-0.1, -0.05) is 170 Å². The molecule has 262 valence electrons. The molecule has 0 aliphatic rings. The molecule has 56 heavy (non-hydrogen) atoms. The van der Waals surface area contributed by atoms with Gasteiger partial charge in [-0.15, -0.1) is 0 Å². The molecule has 2 heteroatoms. The quantitative estimate of drug-likeness (QED) is 0.171. The summed E-state index contributed by atoms with van der Waals surface area (Å²) in [5, 5.41) is 9.56. The highest BCUT2D eigenvalue weighted by molar-refractivity contribution is 6.14. The first kappa shape index (κ1) is 32.0. The van der Waals surface area contributed by atoms with Crippen molar-refractivity contribution < 1.29 is 4.42 Å². The Balaban J connectivity index is 1.03. The summed E-state index contributed by atoms with van der Waals surface area (Å²) in [5.74, 6) is 0. The van der Waals surface area contributed by atoms with Gasteiger partial charge in [0.2, 0.25) is 0 Å². The summed E-state index contributed by atoms with van der Waals surface area (Å²) in [6, 6.07) is 76.5. The SMILES string of the molecule is c1ccc(N(c2ccc(-c3ccc(-c4cccc5ccccc45)cc3)cc2)c2ccc3ccccc3c2)c(-c2cccc3c2oc2cc4ccccc4cc23)c1. The molecule has 0 fully saturated rings. The number of nitrogens with zero attached hydrogens (tertiary/aromatic N) is 1. The number of benzene rings is 10. The number of hydrogen-bond donors (Lipinski definition) is 0. The minimum Gasteiger partial charge on any atom is -0.455 e. The molecule has 0 unspecified atom stereocenters. The van der Waals surface area contributed by atoms with Crippen LogP contribution in [0.5, 0.6) is 0 Å². The van der Waals surface area contributed by atoms with Gasteiger partial charge >= 0.3 is 0 Å². The first-order valence-electron chi connectivity index (χ1n) is 19.2. The van der Waals surface area contributed by atoms with E-state index in [1.54, 1.807) is 0 Å². The second-order valence-electron chi connectivity index (χ2n) is 14.5. The van der Waals surface area contributed by atoms with Crippen molar-refractivity contribution in [1.29, 1.82) is 0 Å². The average Bonchev–Trinajstić information content (AvgIpc) is 3.63. The molecule has 11 rings (SSSR count). The van der Waals surface area contributed by atoms with Gasteiger partial charge in [0.25, 0.3) is 0 Å². The second-order valence-corrected chi connectivity index (χ2v) is 14.5. The molecular formula is C54H35NO. The first-order valence-corrected chi connectivity index (χ1v) is 19.2. The van der Waals surface area contributed by atoms with Crippen molar-refractivity contribution in [3.8, 4) is 33.4 Å². The summed E-state index contributed by atoms with van der Waals surface area (Å²) in [5.41, 5.74) is 12.0. The highest BCUT2D eigenvalue weighted by Gasteiger charge is 2.21. The fraction of sp³-hybridized carbons (Fsp3) is 0. The highest BCUT2D eigenvalue weighted by Crippen LogP contribution is 2.45. The van der Waals surface area contributed by atoms with Gasteiger partial charge in [-0.3, -0.25) is 0 Å². The summed E-state index contributed by atoms with van der Waals surface area (Å²) < 4.78 is 6.75. The summed E-state index contributed by atoms with van der Waals surface area (Å²) >= 11 is 0. The Bertz CT molecular complexity index is 3240. The first-order chi connectivity index (χ1) is 27.7. The molecule has 0 bridgehead atoms. The van der Waals surface area contributed by atoms with Crippen LogP contribution in [0.1, 0.15) is 0 Å². The Hall–Kier alpha value is -7.42. The van der Waals surface area contributed by atoms with E-state index in [-0.39, 0.29) is 0 Å². The Kier molecular flexibility index (Phi) is 7.53. The zero-order valence-electron chi connectivity index (χ0n) is 30.6. The Morgan fingerprint density at radius 2 is 0.839 bits per heavy atom. The van der Waals surface area contributed by atoms with Crippen molar-refractivity contribution in [1.82, 2.24) is 0 Å². The molecule has 0 N–H and O–H groups in total. The number of fused-ring (bicyclic) bond motifs is 6. The molecule has 0 saturated carbocycles. The fourth-order valence-electron chi connectivity index (χ4n) is 8.46.